The number of likely N-dealkylation sites (tertiary alicyclic amines) is 1. The fourth-order valence-electron chi connectivity index (χ4n) is 2.40. The molecular formula is C15H32N4. The first-order valence-electron chi connectivity index (χ1n) is 7.70. The Morgan fingerprint density at radius 1 is 1.37 bits per heavy atom. The molecule has 0 aromatic heterocycles. The van der Waals surface area contributed by atoms with Crippen molar-refractivity contribution in [1.82, 2.24) is 15.5 Å². The Bertz CT molecular complexity index is 280. The summed E-state index contributed by atoms with van der Waals surface area (Å²) in [6.45, 7) is 16.0. The summed E-state index contributed by atoms with van der Waals surface area (Å²) in [5.74, 6) is 1.87. The van der Waals surface area contributed by atoms with Gasteiger partial charge >= 0.3 is 0 Å². The average molecular weight is 268 g/mol. The van der Waals surface area contributed by atoms with Crippen molar-refractivity contribution in [1.29, 1.82) is 0 Å². The van der Waals surface area contributed by atoms with E-state index < -0.39 is 0 Å². The Balaban J connectivity index is 2.46. The van der Waals surface area contributed by atoms with Crippen LogP contribution in [0.5, 0.6) is 0 Å². The largest absolute Gasteiger partial charge is 0.357 e. The van der Waals surface area contributed by atoms with Crippen LogP contribution >= 0.6 is 0 Å². The van der Waals surface area contributed by atoms with Gasteiger partial charge in [-0.25, -0.2) is 0 Å². The highest BCUT2D eigenvalue weighted by molar-refractivity contribution is 5.80. The highest BCUT2D eigenvalue weighted by atomic mass is 15.3. The van der Waals surface area contributed by atoms with Gasteiger partial charge in [-0.2, -0.15) is 0 Å². The molecule has 0 radical (unpaired) electrons. The zero-order valence-corrected chi connectivity index (χ0v) is 13.4. The van der Waals surface area contributed by atoms with E-state index in [0.29, 0.717) is 0 Å². The summed E-state index contributed by atoms with van der Waals surface area (Å²) in [6, 6.07) is 0. The van der Waals surface area contributed by atoms with Crippen LogP contribution in [-0.2, 0) is 0 Å². The van der Waals surface area contributed by atoms with E-state index in [1.165, 1.54) is 12.8 Å². The van der Waals surface area contributed by atoms with E-state index in [1.54, 1.807) is 0 Å². The van der Waals surface area contributed by atoms with E-state index in [9.17, 15) is 0 Å². The van der Waals surface area contributed by atoms with E-state index in [-0.39, 0.29) is 5.54 Å². The molecule has 0 aromatic rings. The van der Waals surface area contributed by atoms with E-state index in [4.69, 9.17) is 4.99 Å². The highest BCUT2D eigenvalue weighted by Crippen LogP contribution is 2.15. The van der Waals surface area contributed by atoms with E-state index in [2.05, 4.69) is 50.2 Å². The normalized spacial score (nSPS) is 21.6. The molecule has 19 heavy (non-hydrogen) atoms. The zero-order chi connectivity index (χ0) is 14.3. The summed E-state index contributed by atoms with van der Waals surface area (Å²) in [5.41, 5.74) is 0.174. The molecule has 0 amide bonds. The van der Waals surface area contributed by atoms with Crippen LogP contribution in [0.25, 0.3) is 0 Å². The van der Waals surface area contributed by atoms with Crippen LogP contribution in [0.4, 0.5) is 0 Å². The van der Waals surface area contributed by atoms with Crippen LogP contribution in [0.3, 0.4) is 0 Å². The monoisotopic (exact) mass is 268 g/mol. The van der Waals surface area contributed by atoms with Crippen LogP contribution < -0.4 is 10.6 Å². The van der Waals surface area contributed by atoms with Gasteiger partial charge in [0.2, 0.25) is 0 Å². The molecule has 1 saturated heterocycles. The van der Waals surface area contributed by atoms with Gasteiger partial charge in [-0.1, -0.05) is 6.92 Å². The molecule has 1 aliphatic rings. The van der Waals surface area contributed by atoms with Crippen molar-refractivity contribution >= 4 is 5.96 Å². The maximum Gasteiger partial charge on any atom is 0.193 e. The molecule has 0 aromatic carbocycles. The van der Waals surface area contributed by atoms with Crippen LogP contribution in [0, 0.1) is 5.92 Å². The second kappa shape index (κ2) is 7.73. The van der Waals surface area contributed by atoms with Crippen molar-refractivity contribution in [2.75, 3.05) is 32.7 Å². The Kier molecular flexibility index (Phi) is 6.63. The summed E-state index contributed by atoms with van der Waals surface area (Å²) in [7, 11) is 0. The molecule has 0 aliphatic carbocycles. The first-order chi connectivity index (χ1) is 8.92. The number of hydrogen-bond acceptors (Lipinski definition) is 2. The maximum atomic E-state index is 4.74. The molecule has 0 bridgehead atoms. The number of rotatable bonds is 4. The smallest absolute Gasteiger partial charge is 0.193 e. The van der Waals surface area contributed by atoms with E-state index in [0.717, 1.165) is 44.6 Å². The van der Waals surface area contributed by atoms with Gasteiger partial charge < -0.3 is 15.5 Å². The molecule has 1 rings (SSSR count). The lowest BCUT2D eigenvalue weighted by atomic mass is 10.0. The van der Waals surface area contributed by atoms with Crippen molar-refractivity contribution in [2.45, 2.75) is 53.0 Å². The third-order valence-corrected chi connectivity index (χ3v) is 3.32. The number of piperidine rings is 1. The predicted octanol–water partition coefficient (Wildman–Crippen LogP) is 2.07. The van der Waals surface area contributed by atoms with Gasteiger partial charge in [0.25, 0.3) is 0 Å². The van der Waals surface area contributed by atoms with Gasteiger partial charge in [0.05, 0.1) is 6.54 Å². The van der Waals surface area contributed by atoms with Gasteiger partial charge in [0.1, 0.15) is 0 Å². The molecule has 1 aliphatic heterocycles. The van der Waals surface area contributed by atoms with Gasteiger partial charge in [0.15, 0.2) is 5.96 Å². The molecule has 4 nitrogen and oxygen atoms in total. The fraction of sp³-hybridized carbons (Fsp3) is 0.933. The second-order valence-electron chi connectivity index (χ2n) is 6.61. The number of guanidine groups is 1. The molecule has 2 N–H and O–H groups in total. The van der Waals surface area contributed by atoms with Crippen molar-refractivity contribution in [3.8, 4) is 0 Å². The van der Waals surface area contributed by atoms with Crippen LogP contribution in [-0.4, -0.2) is 49.1 Å². The number of nitrogens with one attached hydrogen (secondary N) is 2. The molecular weight excluding hydrogens is 236 g/mol. The topological polar surface area (TPSA) is 39.7 Å². The molecule has 1 fully saturated rings. The minimum absolute atomic E-state index is 0.174. The SMILES string of the molecule is CCNC(=NCCNC(C)(C)C)N1CCCC(C)C1. The maximum absolute atomic E-state index is 4.74. The van der Waals surface area contributed by atoms with Crippen LogP contribution in [0.1, 0.15) is 47.5 Å². The van der Waals surface area contributed by atoms with Crippen LogP contribution in [0.15, 0.2) is 4.99 Å². The summed E-state index contributed by atoms with van der Waals surface area (Å²) in [4.78, 5) is 7.16. The van der Waals surface area contributed by atoms with Gasteiger partial charge in [-0.3, -0.25) is 4.99 Å². The molecule has 4 heteroatoms. The molecule has 1 heterocycles. The van der Waals surface area contributed by atoms with Crippen LogP contribution in [0.2, 0.25) is 0 Å². The highest BCUT2D eigenvalue weighted by Gasteiger charge is 2.18. The standard InChI is InChI=1S/C15H32N4/c1-6-16-14(17-9-10-18-15(3,4)5)19-11-7-8-13(2)12-19/h13,18H,6-12H2,1-5H3,(H,16,17). The lowest BCUT2D eigenvalue weighted by molar-refractivity contribution is 0.266. The van der Waals surface area contributed by atoms with Gasteiger partial charge in [0, 0.05) is 31.7 Å². The molecule has 112 valence electrons. The van der Waals surface area contributed by atoms with Crippen molar-refractivity contribution in [3.05, 3.63) is 0 Å². The fourth-order valence-corrected chi connectivity index (χ4v) is 2.40. The van der Waals surface area contributed by atoms with Crippen molar-refractivity contribution in [2.24, 2.45) is 10.9 Å². The first kappa shape index (κ1) is 16.3. The molecule has 0 saturated carbocycles. The summed E-state index contributed by atoms with van der Waals surface area (Å²) >= 11 is 0. The van der Waals surface area contributed by atoms with Gasteiger partial charge in [-0.05, 0) is 46.5 Å². The van der Waals surface area contributed by atoms with Crippen molar-refractivity contribution in [3.63, 3.8) is 0 Å². The molecule has 1 unspecified atom stereocenters. The first-order valence-corrected chi connectivity index (χ1v) is 7.70. The molecule has 0 spiro atoms. The third kappa shape index (κ3) is 6.81. The summed E-state index contributed by atoms with van der Waals surface area (Å²) in [5, 5.41) is 6.90. The Morgan fingerprint density at radius 3 is 2.68 bits per heavy atom. The predicted molar refractivity (Wildman–Crippen MR) is 83.7 cm³/mol. The number of nitrogens with zero attached hydrogens (tertiary/aromatic N) is 2. The minimum Gasteiger partial charge on any atom is -0.357 e. The number of aliphatic imine (C=N–C) groups is 1. The summed E-state index contributed by atoms with van der Waals surface area (Å²) < 4.78 is 0. The Labute approximate surface area is 119 Å². The van der Waals surface area contributed by atoms with E-state index >= 15 is 0 Å². The third-order valence-electron chi connectivity index (χ3n) is 3.32. The van der Waals surface area contributed by atoms with E-state index in [1.807, 2.05) is 0 Å². The Morgan fingerprint density at radius 2 is 2.11 bits per heavy atom. The lowest BCUT2D eigenvalue weighted by Crippen LogP contribution is -2.46. The number of hydrogen-bond donors (Lipinski definition) is 2. The van der Waals surface area contributed by atoms with Crippen molar-refractivity contribution < 1.29 is 0 Å². The molecule has 1 atom stereocenters. The quantitative estimate of drug-likeness (QED) is 0.466. The zero-order valence-electron chi connectivity index (χ0n) is 13.4. The lowest BCUT2D eigenvalue weighted by Gasteiger charge is -2.33. The minimum atomic E-state index is 0.174. The average Bonchev–Trinajstić information content (AvgIpc) is 2.32. The second-order valence-corrected chi connectivity index (χ2v) is 6.61. The Hall–Kier alpha value is -0.770. The van der Waals surface area contributed by atoms with Gasteiger partial charge in [-0.15, -0.1) is 0 Å². The summed E-state index contributed by atoms with van der Waals surface area (Å²) in [6.07, 6.45) is 2.63.